The fourth-order valence-electron chi connectivity index (χ4n) is 2.16. The van der Waals surface area contributed by atoms with Crippen LogP contribution in [0.4, 0.5) is 0 Å². The predicted octanol–water partition coefficient (Wildman–Crippen LogP) is 1.81. The number of nitrogens with zero attached hydrogens (tertiary/aromatic N) is 1. The summed E-state index contributed by atoms with van der Waals surface area (Å²) in [4.78, 5) is 25.2. The van der Waals surface area contributed by atoms with Crippen LogP contribution in [0.3, 0.4) is 0 Å². The fraction of sp³-hybridized carbons (Fsp3) is 0.385. The molecule has 6 nitrogen and oxygen atoms in total. The van der Waals surface area contributed by atoms with Crippen molar-refractivity contribution >= 4 is 44.4 Å². The molecule has 0 saturated heterocycles. The molecule has 22 heavy (non-hydrogen) atoms. The zero-order chi connectivity index (χ0) is 16.8. The quantitative estimate of drug-likeness (QED) is 0.347. The van der Waals surface area contributed by atoms with Crippen molar-refractivity contribution in [2.75, 3.05) is 12.3 Å². The molecule has 1 aliphatic rings. The highest BCUT2D eigenvalue weighted by Crippen LogP contribution is 2.22. The first kappa shape index (κ1) is 19.0. The third kappa shape index (κ3) is 4.98. The number of rotatable bonds is 6. The van der Waals surface area contributed by atoms with Crippen LogP contribution in [0.15, 0.2) is 24.3 Å². The van der Waals surface area contributed by atoms with Crippen molar-refractivity contribution in [3.63, 3.8) is 0 Å². The zero-order valence-corrected chi connectivity index (χ0v) is 14.2. The maximum Gasteiger partial charge on any atom is 0.261 e. The molecule has 0 unspecified atom stereocenters. The first-order chi connectivity index (χ1) is 10.4. The van der Waals surface area contributed by atoms with Gasteiger partial charge >= 0.3 is 0 Å². The number of unbranched alkanes of at least 4 members (excludes halogenated alkanes) is 2. The van der Waals surface area contributed by atoms with Gasteiger partial charge in [-0.25, -0.2) is 8.42 Å². The number of benzene rings is 1. The zero-order valence-electron chi connectivity index (χ0n) is 11.7. The van der Waals surface area contributed by atoms with Gasteiger partial charge in [0, 0.05) is 17.2 Å². The summed E-state index contributed by atoms with van der Waals surface area (Å²) >= 11 is 3.03. The predicted molar refractivity (Wildman–Crippen MR) is 88.5 cm³/mol. The molecule has 0 bridgehead atoms. The topological polar surface area (TPSA) is 97.5 Å². The van der Waals surface area contributed by atoms with Gasteiger partial charge in [0.2, 0.25) is 9.05 Å². The van der Waals surface area contributed by atoms with Gasteiger partial charge in [0.05, 0.1) is 16.9 Å². The van der Waals surface area contributed by atoms with Gasteiger partial charge in [0.15, 0.2) is 0 Å². The van der Waals surface area contributed by atoms with E-state index in [0.29, 0.717) is 36.9 Å². The second-order valence-corrected chi connectivity index (χ2v) is 7.51. The molecular formula is C13H17ClN2O4S2. The number of carbonyl (C=O) groups is 2. The molecule has 1 aliphatic heterocycles. The summed E-state index contributed by atoms with van der Waals surface area (Å²) in [5.41, 5.74) is 0.863. The van der Waals surface area contributed by atoms with Crippen molar-refractivity contribution in [3.05, 3.63) is 35.4 Å². The number of nitrogens with two attached hydrogens (primary N) is 1. The molecule has 0 atom stereocenters. The third-order valence-electron chi connectivity index (χ3n) is 3.15. The second kappa shape index (κ2) is 8.52. The molecule has 0 spiro atoms. The SMILES string of the molecule is NS.O=C1c2ccccc2C(=O)N1CCCCCS(=O)(=O)Cl. The lowest BCUT2D eigenvalue weighted by molar-refractivity contribution is 0.0651. The van der Waals surface area contributed by atoms with Crippen molar-refractivity contribution in [1.29, 1.82) is 0 Å². The van der Waals surface area contributed by atoms with Gasteiger partial charge in [-0.05, 0) is 25.0 Å². The molecule has 0 radical (unpaired) electrons. The number of imide groups is 1. The van der Waals surface area contributed by atoms with Crippen LogP contribution in [-0.2, 0) is 9.05 Å². The average molecular weight is 365 g/mol. The van der Waals surface area contributed by atoms with E-state index in [9.17, 15) is 18.0 Å². The van der Waals surface area contributed by atoms with Crippen molar-refractivity contribution in [2.24, 2.45) is 5.14 Å². The minimum absolute atomic E-state index is 0.0866. The van der Waals surface area contributed by atoms with E-state index in [1.807, 2.05) is 0 Å². The molecule has 2 rings (SSSR count). The van der Waals surface area contributed by atoms with E-state index >= 15 is 0 Å². The molecule has 2 N–H and O–H groups in total. The summed E-state index contributed by atoms with van der Waals surface area (Å²) in [5, 5.41) is 4.19. The maximum absolute atomic E-state index is 12.0. The summed E-state index contributed by atoms with van der Waals surface area (Å²) in [6.07, 6.45) is 1.59. The molecule has 0 aliphatic carbocycles. The van der Waals surface area contributed by atoms with Gasteiger partial charge in [-0.3, -0.25) is 19.6 Å². The number of halogens is 1. The van der Waals surface area contributed by atoms with Gasteiger partial charge in [-0.1, -0.05) is 18.6 Å². The smallest absolute Gasteiger partial charge is 0.261 e. The number of fused-ring (bicyclic) bond motifs is 1. The normalized spacial score (nSPS) is 13.7. The Morgan fingerprint density at radius 2 is 1.50 bits per heavy atom. The minimum atomic E-state index is -3.46. The Kier molecular flexibility index (Phi) is 7.34. The first-order valence-corrected chi connectivity index (χ1v) is 9.53. The largest absolute Gasteiger partial charge is 0.281 e. The number of carbonyl (C=O) groups excluding carboxylic acids is 2. The Hall–Kier alpha value is -1.09. The highest BCUT2D eigenvalue weighted by atomic mass is 35.7. The number of hydrogen-bond acceptors (Lipinski definition) is 6. The van der Waals surface area contributed by atoms with E-state index < -0.39 is 9.05 Å². The van der Waals surface area contributed by atoms with Gasteiger partial charge in [-0.2, -0.15) is 0 Å². The number of amides is 2. The second-order valence-electron chi connectivity index (χ2n) is 4.61. The molecule has 122 valence electrons. The summed E-state index contributed by atoms with van der Waals surface area (Å²) in [5.74, 6) is -0.650. The molecule has 1 aromatic carbocycles. The Balaban J connectivity index is 0.00000116. The van der Waals surface area contributed by atoms with Gasteiger partial charge in [0.1, 0.15) is 0 Å². The summed E-state index contributed by atoms with van der Waals surface area (Å²) in [6.45, 7) is 0.300. The van der Waals surface area contributed by atoms with E-state index in [-0.39, 0.29) is 17.6 Å². The standard InChI is InChI=1S/C13H14ClNO4S.H3NS/c14-20(18,19)9-5-1-4-8-15-12(16)10-6-2-3-7-11(10)13(15)17;1-2/h2-3,6-7H,1,4-5,8-9H2;2H,1H2. The summed E-state index contributed by atoms with van der Waals surface area (Å²) in [7, 11) is 1.64. The Morgan fingerprint density at radius 3 is 1.95 bits per heavy atom. The van der Waals surface area contributed by atoms with Crippen LogP contribution >= 0.6 is 23.5 Å². The molecule has 1 heterocycles. The Labute approximate surface area is 139 Å². The van der Waals surface area contributed by atoms with Crippen LogP contribution < -0.4 is 5.14 Å². The van der Waals surface area contributed by atoms with Crippen LogP contribution in [0.2, 0.25) is 0 Å². The van der Waals surface area contributed by atoms with E-state index in [1.54, 1.807) is 24.3 Å². The molecule has 1 aromatic rings. The van der Waals surface area contributed by atoms with Gasteiger partial charge in [-0.15, -0.1) is 12.8 Å². The van der Waals surface area contributed by atoms with Crippen molar-refractivity contribution in [2.45, 2.75) is 19.3 Å². The van der Waals surface area contributed by atoms with Crippen LogP contribution in [0, 0.1) is 0 Å². The van der Waals surface area contributed by atoms with Crippen LogP contribution in [0.5, 0.6) is 0 Å². The lowest BCUT2D eigenvalue weighted by Crippen LogP contribution is -2.30. The van der Waals surface area contributed by atoms with Crippen molar-refractivity contribution in [1.82, 2.24) is 4.90 Å². The highest BCUT2D eigenvalue weighted by Gasteiger charge is 2.34. The molecule has 0 aromatic heterocycles. The van der Waals surface area contributed by atoms with E-state index in [4.69, 9.17) is 10.7 Å². The monoisotopic (exact) mass is 364 g/mol. The van der Waals surface area contributed by atoms with Crippen LogP contribution in [0.25, 0.3) is 0 Å². The lowest BCUT2D eigenvalue weighted by atomic mass is 10.1. The first-order valence-electron chi connectivity index (χ1n) is 6.53. The van der Waals surface area contributed by atoms with Crippen molar-refractivity contribution in [3.8, 4) is 0 Å². The molecule has 0 saturated carbocycles. The van der Waals surface area contributed by atoms with E-state index in [0.717, 1.165) is 0 Å². The van der Waals surface area contributed by atoms with E-state index in [2.05, 4.69) is 18.0 Å². The molecular weight excluding hydrogens is 348 g/mol. The van der Waals surface area contributed by atoms with E-state index in [1.165, 1.54) is 4.90 Å². The molecule has 9 heteroatoms. The fourth-order valence-corrected chi connectivity index (χ4v) is 3.04. The average Bonchev–Trinajstić information content (AvgIpc) is 2.73. The lowest BCUT2D eigenvalue weighted by Gasteiger charge is -2.13. The number of thiol groups is 1. The Morgan fingerprint density at radius 1 is 1.00 bits per heavy atom. The summed E-state index contributed by atoms with van der Waals surface area (Å²) in [6, 6.07) is 6.71. The molecule has 2 amide bonds. The van der Waals surface area contributed by atoms with Crippen LogP contribution in [0.1, 0.15) is 40.0 Å². The van der Waals surface area contributed by atoms with Gasteiger partial charge in [0.25, 0.3) is 11.8 Å². The minimum Gasteiger partial charge on any atom is -0.281 e. The third-order valence-corrected chi connectivity index (χ3v) is 4.39. The summed E-state index contributed by atoms with van der Waals surface area (Å²) < 4.78 is 21.5. The van der Waals surface area contributed by atoms with Crippen molar-refractivity contribution < 1.29 is 18.0 Å². The number of hydrogen-bond donors (Lipinski definition) is 2. The highest BCUT2D eigenvalue weighted by molar-refractivity contribution is 8.13. The van der Waals surface area contributed by atoms with Crippen LogP contribution in [-0.4, -0.2) is 37.4 Å². The van der Waals surface area contributed by atoms with Gasteiger partial charge < -0.3 is 0 Å². The maximum atomic E-state index is 12.0. The molecule has 0 fully saturated rings. The Bertz CT molecular complexity index is 614.